The first-order valence-corrected chi connectivity index (χ1v) is 9.97. The molecule has 2 aliphatic heterocycles. The lowest BCUT2D eigenvalue weighted by Gasteiger charge is -2.27. The Hall–Kier alpha value is -2.22. The summed E-state index contributed by atoms with van der Waals surface area (Å²) in [5, 5.41) is 3.11. The average Bonchev–Trinajstić information content (AvgIpc) is 3.07. The molecule has 1 saturated heterocycles. The molecule has 27 heavy (non-hydrogen) atoms. The summed E-state index contributed by atoms with van der Waals surface area (Å²) >= 11 is 3.27. The lowest BCUT2D eigenvalue weighted by molar-refractivity contribution is 0.0740. The number of nitrogens with zero attached hydrogens (tertiary/aromatic N) is 4. The molecule has 6 nitrogen and oxygen atoms in total. The largest absolute Gasteiger partial charge is 0.354 e. The Morgan fingerprint density at radius 2 is 2.26 bits per heavy atom. The van der Waals surface area contributed by atoms with Crippen molar-refractivity contribution in [3.63, 3.8) is 0 Å². The molecular formula is C19H21BrFN5O. The summed E-state index contributed by atoms with van der Waals surface area (Å²) in [6.07, 6.45) is 3.64. The van der Waals surface area contributed by atoms with Gasteiger partial charge in [0.1, 0.15) is 17.2 Å². The van der Waals surface area contributed by atoms with Gasteiger partial charge in [0.2, 0.25) is 5.95 Å². The highest BCUT2D eigenvalue weighted by molar-refractivity contribution is 9.10. The van der Waals surface area contributed by atoms with Gasteiger partial charge in [-0.1, -0.05) is 22.0 Å². The molecule has 2 aliphatic rings. The maximum Gasteiger partial charge on any atom is 0.259 e. The molecular weight excluding hydrogens is 413 g/mol. The maximum absolute atomic E-state index is 14.3. The highest BCUT2D eigenvalue weighted by Crippen LogP contribution is 2.33. The number of hydrogen-bond donors (Lipinski definition) is 1. The van der Waals surface area contributed by atoms with Gasteiger partial charge in [-0.15, -0.1) is 0 Å². The third kappa shape index (κ3) is 3.50. The third-order valence-electron chi connectivity index (χ3n) is 5.08. The van der Waals surface area contributed by atoms with Crippen molar-refractivity contribution in [1.82, 2.24) is 14.9 Å². The number of rotatable bonds is 4. The zero-order chi connectivity index (χ0) is 19.0. The van der Waals surface area contributed by atoms with Gasteiger partial charge in [-0.05, 0) is 31.9 Å². The molecule has 1 amide bonds. The molecule has 0 unspecified atom stereocenters. The van der Waals surface area contributed by atoms with Crippen LogP contribution in [0.25, 0.3) is 0 Å². The smallest absolute Gasteiger partial charge is 0.259 e. The first-order valence-electron chi connectivity index (χ1n) is 9.17. The molecule has 4 rings (SSSR count). The molecule has 0 spiro atoms. The molecule has 1 atom stereocenters. The second-order valence-electron chi connectivity index (χ2n) is 6.87. The van der Waals surface area contributed by atoms with Gasteiger partial charge >= 0.3 is 0 Å². The molecule has 0 bridgehead atoms. The van der Waals surface area contributed by atoms with Crippen molar-refractivity contribution in [1.29, 1.82) is 0 Å². The zero-order valence-electron chi connectivity index (χ0n) is 15.1. The van der Waals surface area contributed by atoms with Gasteiger partial charge in [0.15, 0.2) is 0 Å². The van der Waals surface area contributed by atoms with Crippen LogP contribution in [-0.2, 0) is 6.54 Å². The van der Waals surface area contributed by atoms with Crippen LogP contribution < -0.4 is 10.2 Å². The fourth-order valence-corrected chi connectivity index (χ4v) is 4.12. The number of nitrogens with one attached hydrogen (secondary N) is 1. The molecule has 0 radical (unpaired) electrons. The molecule has 2 aromatic rings. The van der Waals surface area contributed by atoms with E-state index in [2.05, 4.69) is 36.1 Å². The second-order valence-corrected chi connectivity index (χ2v) is 7.79. The normalized spacial score (nSPS) is 18.9. The second kappa shape index (κ2) is 7.42. The minimum Gasteiger partial charge on any atom is -0.354 e. The van der Waals surface area contributed by atoms with E-state index in [1.54, 1.807) is 23.2 Å². The Bertz CT molecular complexity index is 877. The van der Waals surface area contributed by atoms with Crippen molar-refractivity contribution in [2.45, 2.75) is 32.4 Å². The molecule has 3 heterocycles. The predicted molar refractivity (Wildman–Crippen MR) is 105 cm³/mol. The van der Waals surface area contributed by atoms with Crippen molar-refractivity contribution < 1.29 is 9.18 Å². The molecule has 1 aromatic heterocycles. The van der Waals surface area contributed by atoms with E-state index in [1.165, 1.54) is 6.07 Å². The Morgan fingerprint density at radius 1 is 1.41 bits per heavy atom. The number of carbonyl (C=O) groups is 1. The lowest BCUT2D eigenvalue weighted by Crippen LogP contribution is -2.39. The number of benzene rings is 1. The molecule has 1 fully saturated rings. The van der Waals surface area contributed by atoms with Crippen LogP contribution in [-0.4, -0.2) is 46.5 Å². The SMILES string of the molecule is CCNc1ncc2c(n1)N1CCC[C@H]1CN(Cc1ccc(Br)cc1F)C2=O. The molecule has 1 N–H and O–H groups in total. The molecule has 1 aromatic carbocycles. The monoisotopic (exact) mass is 433 g/mol. The molecule has 8 heteroatoms. The van der Waals surface area contributed by atoms with Crippen molar-refractivity contribution in [3.8, 4) is 0 Å². The van der Waals surface area contributed by atoms with Crippen LogP contribution in [0.2, 0.25) is 0 Å². The van der Waals surface area contributed by atoms with Crippen molar-refractivity contribution in [3.05, 3.63) is 45.8 Å². The molecule has 142 valence electrons. The number of amides is 1. The molecule has 0 saturated carbocycles. The summed E-state index contributed by atoms with van der Waals surface area (Å²) in [4.78, 5) is 26.0. The summed E-state index contributed by atoms with van der Waals surface area (Å²) in [6, 6.07) is 5.13. The van der Waals surface area contributed by atoms with Gasteiger partial charge in [0.25, 0.3) is 5.91 Å². The average molecular weight is 434 g/mol. The summed E-state index contributed by atoms with van der Waals surface area (Å²) in [5.74, 6) is 0.753. The van der Waals surface area contributed by atoms with E-state index < -0.39 is 0 Å². The fourth-order valence-electron chi connectivity index (χ4n) is 3.79. The van der Waals surface area contributed by atoms with Gasteiger partial charge < -0.3 is 15.1 Å². The van der Waals surface area contributed by atoms with Crippen molar-refractivity contribution >= 4 is 33.6 Å². The highest BCUT2D eigenvalue weighted by Gasteiger charge is 2.37. The van der Waals surface area contributed by atoms with Gasteiger partial charge in [-0.25, -0.2) is 9.37 Å². The topological polar surface area (TPSA) is 61.4 Å². The summed E-state index contributed by atoms with van der Waals surface area (Å²) in [6.45, 7) is 4.35. The number of halogens is 2. The van der Waals surface area contributed by atoms with E-state index in [1.807, 2.05) is 6.92 Å². The quantitative estimate of drug-likeness (QED) is 0.799. The highest BCUT2D eigenvalue weighted by atomic mass is 79.9. The summed E-state index contributed by atoms with van der Waals surface area (Å²) < 4.78 is 15.0. The zero-order valence-corrected chi connectivity index (χ0v) is 16.7. The number of hydrogen-bond acceptors (Lipinski definition) is 5. The fraction of sp³-hybridized carbons (Fsp3) is 0.421. The Balaban J connectivity index is 1.70. The first-order chi connectivity index (χ1) is 13.1. The third-order valence-corrected chi connectivity index (χ3v) is 5.57. The molecule has 0 aliphatic carbocycles. The lowest BCUT2D eigenvalue weighted by atomic mass is 10.1. The first kappa shape index (κ1) is 18.2. The van der Waals surface area contributed by atoms with Crippen LogP contribution in [0.1, 0.15) is 35.7 Å². The van der Waals surface area contributed by atoms with E-state index in [9.17, 15) is 9.18 Å². The number of anilines is 2. The van der Waals surface area contributed by atoms with E-state index in [0.717, 1.165) is 19.4 Å². The number of aromatic nitrogens is 2. The van der Waals surface area contributed by atoms with Crippen molar-refractivity contribution in [2.75, 3.05) is 29.9 Å². The van der Waals surface area contributed by atoms with Crippen molar-refractivity contribution in [2.24, 2.45) is 0 Å². The number of carbonyl (C=O) groups excluding carboxylic acids is 1. The number of fused-ring (bicyclic) bond motifs is 3. The predicted octanol–water partition coefficient (Wildman–Crippen LogP) is 3.43. The summed E-state index contributed by atoms with van der Waals surface area (Å²) in [7, 11) is 0. The van der Waals surface area contributed by atoms with E-state index in [4.69, 9.17) is 0 Å². The van der Waals surface area contributed by atoms with E-state index >= 15 is 0 Å². The minimum atomic E-state index is -0.316. The van der Waals surface area contributed by atoms with Gasteiger partial charge in [-0.2, -0.15) is 4.98 Å². The van der Waals surface area contributed by atoms with Crippen LogP contribution in [0.3, 0.4) is 0 Å². The van der Waals surface area contributed by atoms with E-state index in [-0.39, 0.29) is 24.3 Å². The van der Waals surface area contributed by atoms with Crippen LogP contribution >= 0.6 is 15.9 Å². The standard InChI is InChI=1S/C19H21BrFN5O/c1-2-22-19-23-9-15-17(24-19)26-7-3-4-14(26)11-25(18(15)27)10-12-5-6-13(20)8-16(12)21/h5-6,8-9,14H,2-4,7,10-11H2,1H3,(H,22,23,24)/t14-/m0/s1. The van der Waals surface area contributed by atoms with Crippen LogP contribution in [0.15, 0.2) is 28.9 Å². The van der Waals surface area contributed by atoms with Gasteiger partial charge in [0.05, 0.1) is 0 Å². The van der Waals surface area contributed by atoms with Gasteiger partial charge in [0, 0.05) is 48.5 Å². The Kier molecular flexibility index (Phi) is 4.99. The summed E-state index contributed by atoms with van der Waals surface area (Å²) in [5.41, 5.74) is 0.989. The van der Waals surface area contributed by atoms with Gasteiger partial charge in [-0.3, -0.25) is 4.79 Å². The minimum absolute atomic E-state index is 0.148. The Labute approximate surface area is 165 Å². The maximum atomic E-state index is 14.3. The Morgan fingerprint density at radius 3 is 3.04 bits per heavy atom. The van der Waals surface area contributed by atoms with E-state index in [0.29, 0.717) is 40.5 Å². The van der Waals surface area contributed by atoms with Crippen LogP contribution in [0.5, 0.6) is 0 Å². The van der Waals surface area contributed by atoms with Crippen LogP contribution in [0.4, 0.5) is 16.2 Å². The van der Waals surface area contributed by atoms with Crippen LogP contribution in [0, 0.1) is 5.82 Å².